The number of sulfonamides is 1. The zero-order valence-electron chi connectivity index (χ0n) is 14.1. The van der Waals surface area contributed by atoms with Crippen molar-refractivity contribution in [2.24, 2.45) is 5.92 Å². The highest BCUT2D eigenvalue weighted by Crippen LogP contribution is 2.17. The first-order valence-corrected chi connectivity index (χ1v) is 10.3. The van der Waals surface area contributed by atoms with Gasteiger partial charge in [0.05, 0.1) is 17.5 Å². The largest absolute Gasteiger partial charge is 0.366 e. The Hall–Kier alpha value is -1.00. The van der Waals surface area contributed by atoms with Gasteiger partial charge in [-0.3, -0.25) is 4.79 Å². The molecule has 7 nitrogen and oxygen atoms in total. The van der Waals surface area contributed by atoms with Crippen molar-refractivity contribution in [1.82, 2.24) is 10.0 Å². The van der Waals surface area contributed by atoms with Crippen molar-refractivity contribution in [3.63, 3.8) is 0 Å². The van der Waals surface area contributed by atoms with Gasteiger partial charge < -0.3 is 15.2 Å². The molecule has 0 bridgehead atoms. The maximum absolute atomic E-state index is 12.6. The minimum Gasteiger partial charge on any atom is -0.366 e. The van der Waals surface area contributed by atoms with E-state index >= 15 is 0 Å². The second kappa shape index (κ2) is 8.59. The molecule has 1 aliphatic rings. The smallest absolute Gasteiger partial charge is 0.241 e. The van der Waals surface area contributed by atoms with Gasteiger partial charge >= 0.3 is 0 Å². The average molecular weight is 435 g/mol. The minimum absolute atomic E-state index is 0.0847. The van der Waals surface area contributed by atoms with E-state index in [0.717, 1.165) is 4.47 Å². The Balaban J connectivity index is 2.13. The summed E-state index contributed by atoms with van der Waals surface area (Å²) in [7, 11) is -3.84. The molecular formula is C16H23BrN2O5S. The van der Waals surface area contributed by atoms with Crippen LogP contribution in [0.4, 0.5) is 0 Å². The van der Waals surface area contributed by atoms with Crippen molar-refractivity contribution < 1.29 is 23.1 Å². The van der Waals surface area contributed by atoms with E-state index in [9.17, 15) is 18.3 Å². The Morgan fingerprint density at radius 3 is 2.52 bits per heavy atom. The number of aliphatic hydroxyl groups is 1. The predicted molar refractivity (Wildman–Crippen MR) is 96.2 cm³/mol. The van der Waals surface area contributed by atoms with Crippen LogP contribution in [0.5, 0.6) is 0 Å². The molecule has 0 saturated carbocycles. The van der Waals surface area contributed by atoms with Gasteiger partial charge in [0.1, 0.15) is 6.04 Å². The Kier molecular flexibility index (Phi) is 6.98. The molecule has 9 heteroatoms. The van der Waals surface area contributed by atoms with Crippen LogP contribution in [0.1, 0.15) is 26.7 Å². The van der Waals surface area contributed by atoms with E-state index in [-0.39, 0.29) is 10.8 Å². The van der Waals surface area contributed by atoms with Gasteiger partial charge in [0, 0.05) is 4.47 Å². The lowest BCUT2D eigenvalue weighted by Crippen LogP contribution is -2.51. The van der Waals surface area contributed by atoms with Crippen LogP contribution in [0.25, 0.3) is 0 Å². The molecule has 1 heterocycles. The van der Waals surface area contributed by atoms with Crippen molar-refractivity contribution in [1.29, 1.82) is 0 Å². The molecule has 1 fully saturated rings. The molecule has 3 atom stereocenters. The fraction of sp³-hybridized carbons (Fsp3) is 0.562. The number of amides is 1. The number of hydrogen-bond donors (Lipinski definition) is 3. The van der Waals surface area contributed by atoms with Crippen LogP contribution in [0.2, 0.25) is 0 Å². The van der Waals surface area contributed by atoms with E-state index in [1.54, 1.807) is 12.1 Å². The maximum Gasteiger partial charge on any atom is 0.241 e. The van der Waals surface area contributed by atoms with Crippen LogP contribution in [0, 0.1) is 5.92 Å². The molecule has 1 aromatic rings. The van der Waals surface area contributed by atoms with E-state index in [4.69, 9.17) is 4.74 Å². The number of halogens is 1. The molecule has 140 valence electrons. The number of aliphatic hydroxyl groups excluding tert-OH is 1. The standard InChI is InChI=1S/C16H23BrN2O5S/c1-10(2)9-14(15(20)18-13-7-8-24-16(13)21)19-25(22,23)12-5-3-11(17)4-6-12/h3-6,10,13-14,16,19,21H,7-9H2,1-2H3,(H,18,20)/t13-,14?,16?/m0/s1. The van der Waals surface area contributed by atoms with Crippen molar-refractivity contribution in [2.45, 2.75) is 50.0 Å². The van der Waals surface area contributed by atoms with Crippen molar-refractivity contribution >= 4 is 31.9 Å². The molecule has 1 aromatic carbocycles. The Labute approximate surface area is 156 Å². The number of carbonyl (C=O) groups is 1. The summed E-state index contributed by atoms with van der Waals surface area (Å²) in [5, 5.41) is 12.3. The van der Waals surface area contributed by atoms with Crippen molar-refractivity contribution in [3.05, 3.63) is 28.7 Å². The molecule has 2 rings (SSSR count). The summed E-state index contributed by atoms with van der Waals surface area (Å²) in [4.78, 5) is 12.6. The normalized spacial score (nSPS) is 22.1. The van der Waals surface area contributed by atoms with Gasteiger partial charge in [-0.25, -0.2) is 8.42 Å². The van der Waals surface area contributed by atoms with Gasteiger partial charge in [0.15, 0.2) is 6.29 Å². The van der Waals surface area contributed by atoms with E-state index < -0.39 is 34.3 Å². The Morgan fingerprint density at radius 1 is 1.36 bits per heavy atom. The van der Waals surface area contributed by atoms with E-state index in [1.165, 1.54) is 12.1 Å². The highest BCUT2D eigenvalue weighted by atomic mass is 79.9. The molecule has 2 unspecified atom stereocenters. The van der Waals surface area contributed by atoms with Gasteiger partial charge in [0.2, 0.25) is 15.9 Å². The number of benzene rings is 1. The lowest BCUT2D eigenvalue weighted by molar-refractivity contribution is -0.127. The van der Waals surface area contributed by atoms with Gasteiger partial charge in [0.25, 0.3) is 0 Å². The third-order valence-corrected chi connectivity index (χ3v) is 5.85. The van der Waals surface area contributed by atoms with Crippen LogP contribution in [0.3, 0.4) is 0 Å². The Morgan fingerprint density at radius 2 is 2.00 bits per heavy atom. The van der Waals surface area contributed by atoms with Crippen LogP contribution in [0.15, 0.2) is 33.6 Å². The highest BCUT2D eigenvalue weighted by Gasteiger charge is 2.32. The van der Waals surface area contributed by atoms with Crippen LogP contribution in [-0.4, -0.2) is 44.4 Å². The first-order chi connectivity index (χ1) is 11.7. The van der Waals surface area contributed by atoms with E-state index in [0.29, 0.717) is 19.4 Å². The van der Waals surface area contributed by atoms with Crippen molar-refractivity contribution in [2.75, 3.05) is 6.61 Å². The van der Waals surface area contributed by atoms with Gasteiger partial charge in [-0.05, 0) is 43.0 Å². The summed E-state index contributed by atoms with van der Waals surface area (Å²) >= 11 is 3.26. The molecule has 3 N–H and O–H groups in total. The lowest BCUT2D eigenvalue weighted by Gasteiger charge is -2.23. The molecule has 1 saturated heterocycles. The van der Waals surface area contributed by atoms with Crippen molar-refractivity contribution in [3.8, 4) is 0 Å². The summed E-state index contributed by atoms with van der Waals surface area (Å²) in [6.07, 6.45) is -0.238. The third kappa shape index (κ3) is 5.75. The topological polar surface area (TPSA) is 105 Å². The molecule has 0 aliphatic carbocycles. The van der Waals surface area contributed by atoms with Crippen LogP contribution < -0.4 is 10.0 Å². The second-order valence-electron chi connectivity index (χ2n) is 6.42. The molecular weight excluding hydrogens is 412 g/mol. The quantitative estimate of drug-likeness (QED) is 0.600. The summed E-state index contributed by atoms with van der Waals surface area (Å²) in [5.74, 6) is -0.364. The van der Waals surface area contributed by atoms with Gasteiger partial charge in [-0.1, -0.05) is 29.8 Å². The van der Waals surface area contributed by atoms with Gasteiger partial charge in [-0.15, -0.1) is 0 Å². The fourth-order valence-electron chi connectivity index (χ4n) is 2.55. The highest BCUT2D eigenvalue weighted by molar-refractivity contribution is 9.10. The Bertz CT molecular complexity index is 693. The first-order valence-electron chi connectivity index (χ1n) is 8.07. The molecule has 1 amide bonds. The zero-order chi connectivity index (χ0) is 18.6. The molecule has 0 aromatic heterocycles. The second-order valence-corrected chi connectivity index (χ2v) is 9.05. The first kappa shape index (κ1) is 20.3. The monoisotopic (exact) mass is 434 g/mol. The molecule has 0 radical (unpaired) electrons. The van der Waals surface area contributed by atoms with Crippen LogP contribution in [-0.2, 0) is 19.6 Å². The lowest BCUT2D eigenvalue weighted by atomic mass is 10.0. The number of carbonyl (C=O) groups excluding carboxylic acids is 1. The fourth-order valence-corrected chi connectivity index (χ4v) is 4.02. The number of rotatable bonds is 7. The van der Waals surface area contributed by atoms with Crippen LogP contribution >= 0.6 is 15.9 Å². The third-order valence-electron chi connectivity index (χ3n) is 3.83. The molecule has 25 heavy (non-hydrogen) atoms. The van der Waals surface area contributed by atoms with Gasteiger partial charge in [-0.2, -0.15) is 4.72 Å². The molecule has 0 spiro atoms. The van der Waals surface area contributed by atoms with E-state index in [1.807, 2.05) is 13.8 Å². The summed E-state index contributed by atoms with van der Waals surface area (Å²) < 4.78 is 33.4. The summed E-state index contributed by atoms with van der Waals surface area (Å²) in [5.41, 5.74) is 0. The van der Waals surface area contributed by atoms with E-state index in [2.05, 4.69) is 26.0 Å². The SMILES string of the molecule is CC(C)CC(NS(=O)(=O)c1ccc(Br)cc1)C(=O)N[C@H]1CCOC1O. The zero-order valence-corrected chi connectivity index (χ0v) is 16.5. The minimum atomic E-state index is -3.84. The number of nitrogens with one attached hydrogen (secondary N) is 2. The maximum atomic E-state index is 12.6. The predicted octanol–water partition coefficient (Wildman–Crippen LogP) is 1.37. The molecule has 1 aliphatic heterocycles. The number of ether oxygens (including phenoxy) is 1. The number of hydrogen-bond acceptors (Lipinski definition) is 5. The summed E-state index contributed by atoms with van der Waals surface area (Å²) in [6.45, 7) is 4.16. The average Bonchev–Trinajstić information content (AvgIpc) is 2.91. The summed E-state index contributed by atoms with van der Waals surface area (Å²) in [6, 6.07) is 4.72.